The number of fused-ring (bicyclic) bond motifs is 2. The first-order chi connectivity index (χ1) is 28.5. The molecule has 0 amide bonds. The lowest BCUT2D eigenvalue weighted by Gasteiger charge is -2.30. The van der Waals surface area contributed by atoms with Crippen molar-refractivity contribution in [3.8, 4) is 0 Å². The molecule has 0 spiro atoms. The fraction of sp³-hybridized carbons (Fsp3) is 0.620. The summed E-state index contributed by atoms with van der Waals surface area (Å²) in [5, 5.41) is 5.16. The molecular formula is C50H78NO7P. The second-order valence-electron chi connectivity index (χ2n) is 17.2. The summed E-state index contributed by atoms with van der Waals surface area (Å²) >= 11 is 0. The van der Waals surface area contributed by atoms with Gasteiger partial charge in [-0.15, -0.1) is 0 Å². The molecule has 0 saturated heterocycles. The topological polar surface area (TPSA) is 94.1 Å². The lowest BCUT2D eigenvalue weighted by molar-refractivity contribution is -0.870. The molecule has 8 nitrogen and oxygen atoms in total. The maximum Gasteiger partial charge on any atom is 0.305 e. The van der Waals surface area contributed by atoms with Crippen LogP contribution in [-0.4, -0.2) is 70.7 Å². The minimum Gasteiger partial charge on any atom is -0.756 e. The van der Waals surface area contributed by atoms with Crippen LogP contribution in [0.15, 0.2) is 78.9 Å². The summed E-state index contributed by atoms with van der Waals surface area (Å²) in [6, 6.07) is 19.9. The summed E-state index contributed by atoms with van der Waals surface area (Å²) in [4.78, 5) is 25.2. The van der Waals surface area contributed by atoms with Crippen LogP contribution in [0.1, 0.15) is 141 Å². The van der Waals surface area contributed by atoms with E-state index in [0.717, 1.165) is 64.2 Å². The third-order valence-electron chi connectivity index (χ3n) is 10.6. The Labute approximate surface area is 357 Å². The summed E-state index contributed by atoms with van der Waals surface area (Å²) in [6.45, 7) is 3.06. The largest absolute Gasteiger partial charge is 0.756 e. The maximum absolute atomic E-state index is 12.6. The van der Waals surface area contributed by atoms with Crippen molar-refractivity contribution in [2.24, 2.45) is 0 Å². The molecule has 0 fully saturated rings. The van der Waals surface area contributed by atoms with Gasteiger partial charge >= 0.3 is 5.97 Å². The number of nitrogens with zero attached hydrogens (tertiary/aromatic N) is 1. The lowest BCUT2D eigenvalue weighted by Crippen LogP contribution is -2.38. The normalized spacial score (nSPS) is 13.8. The van der Waals surface area contributed by atoms with Crippen molar-refractivity contribution in [3.63, 3.8) is 0 Å². The van der Waals surface area contributed by atoms with Crippen LogP contribution in [0, 0.1) is 0 Å². The van der Waals surface area contributed by atoms with Gasteiger partial charge in [-0.3, -0.25) is 9.36 Å². The predicted octanol–water partition coefficient (Wildman–Crippen LogP) is 12.6. The van der Waals surface area contributed by atoms with E-state index in [1.54, 1.807) is 0 Å². The van der Waals surface area contributed by atoms with Crippen LogP contribution in [0.3, 0.4) is 0 Å². The van der Waals surface area contributed by atoms with Crippen LogP contribution in [0.5, 0.6) is 0 Å². The molecule has 2 atom stereocenters. The standard InChI is InChI=1S/C50H78NO7P/c1-5-6-7-8-9-10-11-12-13-14-15-16-17-21-24-29-37-55-42-49(58-59(53,54)57-38-36-51(2,3)4)43-56-50(52)33-26-23-20-18-19-22-25-30-44-34-35-47-40-45-31-27-28-32-46(45)41-48(47)39-44/h9-10,12-13,27-28,31-32,34-35,39-41,49H,5-8,11,14-26,29-30,33,36-38,42-43H2,1-4H3/b10-9-,13-12-/t49-/m0/s1. The highest BCUT2D eigenvalue weighted by Crippen LogP contribution is 2.40. The molecule has 0 saturated carbocycles. The van der Waals surface area contributed by atoms with E-state index < -0.39 is 13.9 Å². The summed E-state index contributed by atoms with van der Waals surface area (Å²) in [7, 11) is 1.27. The van der Waals surface area contributed by atoms with Gasteiger partial charge in [0.2, 0.25) is 0 Å². The first kappa shape index (κ1) is 50.5. The minimum atomic E-state index is -4.61. The average molecular weight is 836 g/mol. The molecule has 330 valence electrons. The monoisotopic (exact) mass is 836 g/mol. The van der Waals surface area contributed by atoms with E-state index >= 15 is 0 Å². The fourth-order valence-electron chi connectivity index (χ4n) is 7.04. The van der Waals surface area contributed by atoms with Crippen molar-refractivity contribution in [2.45, 2.75) is 148 Å². The van der Waals surface area contributed by atoms with Crippen molar-refractivity contribution in [1.29, 1.82) is 0 Å². The highest BCUT2D eigenvalue weighted by Gasteiger charge is 2.22. The molecule has 1 unspecified atom stereocenters. The molecule has 0 aliphatic rings. The number of carbonyl (C=O) groups excluding carboxylic acids is 1. The SMILES string of the molecule is CCCCC/C=C\C/C=C\CCCCCCCCOC[C@@H](COC(=O)CCCCCCCCCc1ccc2cc3ccccc3cc2c1)OP(=O)([O-])OCC[N+](C)(C)C. The Balaban J connectivity index is 1.24. The number of esters is 1. The number of phosphoric ester groups is 1. The fourth-order valence-corrected chi connectivity index (χ4v) is 7.89. The molecule has 0 aromatic heterocycles. The number of likely N-dealkylation sites (N-methyl/N-ethyl adjacent to an activating group) is 1. The van der Waals surface area contributed by atoms with Crippen LogP contribution in [-0.2, 0) is 34.3 Å². The number of hydrogen-bond donors (Lipinski definition) is 0. The van der Waals surface area contributed by atoms with Crippen LogP contribution < -0.4 is 4.89 Å². The molecule has 3 aromatic rings. The molecule has 3 rings (SSSR count). The smallest absolute Gasteiger partial charge is 0.305 e. The van der Waals surface area contributed by atoms with Crippen molar-refractivity contribution in [2.75, 3.05) is 54.1 Å². The van der Waals surface area contributed by atoms with Crippen molar-refractivity contribution in [1.82, 2.24) is 0 Å². The Kier molecular flexibility index (Phi) is 25.9. The number of unbranched alkanes of at least 4 members (excludes halogenated alkanes) is 15. The highest BCUT2D eigenvalue weighted by molar-refractivity contribution is 7.45. The average Bonchev–Trinajstić information content (AvgIpc) is 3.20. The number of aryl methyl sites for hydroxylation is 1. The molecule has 0 aliphatic heterocycles. The molecule has 0 bridgehead atoms. The summed E-state index contributed by atoms with van der Waals surface area (Å²) in [5.74, 6) is -0.348. The van der Waals surface area contributed by atoms with Gasteiger partial charge in [0.1, 0.15) is 25.9 Å². The Hall–Kier alpha value is -2.84. The van der Waals surface area contributed by atoms with Gasteiger partial charge in [0.05, 0.1) is 27.7 Å². The number of phosphoric acid groups is 1. The second-order valence-corrected chi connectivity index (χ2v) is 18.6. The Morgan fingerprint density at radius 2 is 1.27 bits per heavy atom. The molecule has 59 heavy (non-hydrogen) atoms. The number of benzene rings is 3. The third-order valence-corrected chi connectivity index (χ3v) is 11.7. The number of quaternary nitrogens is 1. The Bertz CT molecular complexity index is 1680. The third kappa shape index (κ3) is 24.9. The second kappa shape index (κ2) is 30.2. The number of hydrogen-bond acceptors (Lipinski definition) is 7. The van der Waals surface area contributed by atoms with Crippen molar-refractivity contribution < 1.29 is 37.3 Å². The van der Waals surface area contributed by atoms with E-state index in [1.807, 2.05) is 21.1 Å². The van der Waals surface area contributed by atoms with Gasteiger partial charge in [-0.2, -0.15) is 0 Å². The first-order valence-electron chi connectivity index (χ1n) is 22.9. The number of rotatable bonds is 35. The Morgan fingerprint density at radius 3 is 1.95 bits per heavy atom. The van der Waals surface area contributed by atoms with Crippen LogP contribution in [0.25, 0.3) is 21.5 Å². The maximum atomic E-state index is 12.6. The molecule has 9 heteroatoms. The molecule has 0 radical (unpaired) electrons. The predicted molar refractivity (Wildman–Crippen MR) is 245 cm³/mol. The number of carbonyl (C=O) groups is 1. The van der Waals surface area contributed by atoms with Gasteiger partial charge in [-0.1, -0.05) is 144 Å². The van der Waals surface area contributed by atoms with E-state index in [9.17, 15) is 14.3 Å². The molecule has 3 aromatic carbocycles. The highest BCUT2D eigenvalue weighted by atomic mass is 31.2. The van der Waals surface area contributed by atoms with Gasteiger partial charge in [0, 0.05) is 13.0 Å². The van der Waals surface area contributed by atoms with Crippen molar-refractivity contribution >= 4 is 35.3 Å². The summed E-state index contributed by atoms with van der Waals surface area (Å²) in [5.41, 5.74) is 1.39. The quantitative estimate of drug-likeness (QED) is 0.0145. The molecule has 0 aliphatic carbocycles. The minimum absolute atomic E-state index is 0.00668. The molecule has 0 heterocycles. The first-order valence-corrected chi connectivity index (χ1v) is 24.4. The van der Waals surface area contributed by atoms with E-state index in [4.69, 9.17) is 18.5 Å². The number of ether oxygens (including phenoxy) is 2. The molecular weight excluding hydrogens is 758 g/mol. The zero-order chi connectivity index (χ0) is 42.4. The van der Waals surface area contributed by atoms with Crippen LogP contribution >= 0.6 is 7.82 Å². The number of allylic oxidation sites excluding steroid dienone is 4. The van der Waals surface area contributed by atoms with E-state index in [-0.39, 0.29) is 25.8 Å². The van der Waals surface area contributed by atoms with Gasteiger partial charge < -0.3 is 27.9 Å². The molecule has 0 N–H and O–H groups in total. The van der Waals surface area contributed by atoms with Crippen molar-refractivity contribution in [3.05, 3.63) is 84.5 Å². The summed E-state index contributed by atoms with van der Waals surface area (Å²) in [6.07, 6.45) is 31.0. The summed E-state index contributed by atoms with van der Waals surface area (Å²) < 4.78 is 34.9. The zero-order valence-electron chi connectivity index (χ0n) is 37.2. The van der Waals surface area contributed by atoms with E-state index in [2.05, 4.69) is 85.8 Å². The Morgan fingerprint density at radius 1 is 0.678 bits per heavy atom. The van der Waals surface area contributed by atoms with Crippen LogP contribution in [0.2, 0.25) is 0 Å². The van der Waals surface area contributed by atoms with E-state index in [1.165, 1.54) is 91.3 Å². The lowest BCUT2D eigenvalue weighted by atomic mass is 9.99. The van der Waals surface area contributed by atoms with E-state index in [0.29, 0.717) is 24.1 Å². The van der Waals surface area contributed by atoms with Crippen LogP contribution in [0.4, 0.5) is 0 Å². The van der Waals surface area contributed by atoms with Gasteiger partial charge in [0.15, 0.2) is 0 Å². The van der Waals surface area contributed by atoms with Gasteiger partial charge in [0.25, 0.3) is 7.82 Å². The van der Waals surface area contributed by atoms with Gasteiger partial charge in [-0.05, 0) is 97.0 Å². The zero-order valence-corrected chi connectivity index (χ0v) is 38.1. The van der Waals surface area contributed by atoms with Gasteiger partial charge in [-0.25, -0.2) is 0 Å².